The Kier molecular flexibility index (Phi) is 5.37. The molecule has 2 heteroatoms. The summed E-state index contributed by atoms with van der Waals surface area (Å²) in [4.78, 5) is 2.23. The first-order valence-electron chi connectivity index (χ1n) is 5.64. The van der Waals surface area contributed by atoms with Crippen LogP contribution in [-0.4, -0.2) is 38.1 Å². The van der Waals surface area contributed by atoms with Gasteiger partial charge in [-0.1, -0.05) is 37.3 Å². The number of hydrogen-bond donors (Lipinski definition) is 1. The minimum atomic E-state index is 0.549. The Bertz CT molecular complexity index is 256. The standard InChI is InChI=1S/C13H22N2/c1-4-14-13(11-15(2)3)10-12-8-6-5-7-9-12/h5-9,13-14H,4,10-11H2,1-3H3. The summed E-state index contributed by atoms with van der Waals surface area (Å²) in [6, 6.07) is 11.2. The molecule has 0 amide bonds. The summed E-state index contributed by atoms with van der Waals surface area (Å²) in [7, 11) is 4.24. The van der Waals surface area contributed by atoms with E-state index in [-0.39, 0.29) is 0 Å². The molecule has 1 unspecified atom stereocenters. The largest absolute Gasteiger partial charge is 0.313 e. The van der Waals surface area contributed by atoms with Crippen LogP contribution < -0.4 is 5.32 Å². The third kappa shape index (κ3) is 4.96. The number of hydrogen-bond acceptors (Lipinski definition) is 2. The molecule has 0 fully saturated rings. The van der Waals surface area contributed by atoms with Crippen molar-refractivity contribution in [3.8, 4) is 0 Å². The van der Waals surface area contributed by atoms with Crippen molar-refractivity contribution in [2.24, 2.45) is 0 Å². The maximum atomic E-state index is 3.52. The number of nitrogens with one attached hydrogen (secondary N) is 1. The fourth-order valence-corrected chi connectivity index (χ4v) is 1.83. The fourth-order valence-electron chi connectivity index (χ4n) is 1.83. The van der Waals surface area contributed by atoms with Crippen LogP contribution in [0.5, 0.6) is 0 Å². The lowest BCUT2D eigenvalue weighted by Gasteiger charge is -2.21. The first-order chi connectivity index (χ1) is 7.22. The molecular formula is C13H22N2. The van der Waals surface area contributed by atoms with Crippen molar-refractivity contribution in [3.05, 3.63) is 35.9 Å². The second kappa shape index (κ2) is 6.59. The van der Waals surface area contributed by atoms with Crippen molar-refractivity contribution >= 4 is 0 Å². The minimum Gasteiger partial charge on any atom is -0.313 e. The summed E-state index contributed by atoms with van der Waals surface area (Å²) < 4.78 is 0. The van der Waals surface area contributed by atoms with E-state index in [0.29, 0.717) is 6.04 Å². The molecule has 0 radical (unpaired) electrons. The molecule has 0 spiro atoms. The van der Waals surface area contributed by atoms with Gasteiger partial charge in [0.2, 0.25) is 0 Å². The van der Waals surface area contributed by atoms with Crippen LogP contribution in [0.15, 0.2) is 30.3 Å². The van der Waals surface area contributed by atoms with E-state index in [4.69, 9.17) is 0 Å². The van der Waals surface area contributed by atoms with Crippen molar-refractivity contribution in [2.75, 3.05) is 27.2 Å². The maximum absolute atomic E-state index is 3.52. The molecule has 1 aromatic rings. The van der Waals surface area contributed by atoms with E-state index in [1.165, 1.54) is 5.56 Å². The average Bonchev–Trinajstić information content (AvgIpc) is 2.18. The topological polar surface area (TPSA) is 15.3 Å². The van der Waals surface area contributed by atoms with Gasteiger partial charge in [-0.25, -0.2) is 0 Å². The van der Waals surface area contributed by atoms with E-state index < -0.39 is 0 Å². The predicted molar refractivity (Wildman–Crippen MR) is 66.2 cm³/mol. The van der Waals surface area contributed by atoms with Crippen LogP contribution >= 0.6 is 0 Å². The highest BCUT2D eigenvalue weighted by Gasteiger charge is 2.08. The SMILES string of the molecule is CCNC(Cc1ccccc1)CN(C)C. The van der Waals surface area contributed by atoms with Gasteiger partial charge in [0.25, 0.3) is 0 Å². The lowest BCUT2D eigenvalue weighted by Crippen LogP contribution is -2.39. The number of benzene rings is 1. The zero-order valence-corrected chi connectivity index (χ0v) is 10.0. The lowest BCUT2D eigenvalue weighted by atomic mass is 10.1. The number of rotatable bonds is 6. The van der Waals surface area contributed by atoms with Crippen molar-refractivity contribution < 1.29 is 0 Å². The molecular weight excluding hydrogens is 184 g/mol. The van der Waals surface area contributed by atoms with Crippen molar-refractivity contribution in [1.82, 2.24) is 10.2 Å². The van der Waals surface area contributed by atoms with Gasteiger partial charge in [0.05, 0.1) is 0 Å². The summed E-state index contributed by atoms with van der Waals surface area (Å²) in [5.74, 6) is 0. The van der Waals surface area contributed by atoms with E-state index in [2.05, 4.69) is 61.6 Å². The van der Waals surface area contributed by atoms with E-state index >= 15 is 0 Å². The zero-order chi connectivity index (χ0) is 11.1. The van der Waals surface area contributed by atoms with Crippen LogP contribution in [0.2, 0.25) is 0 Å². The Balaban J connectivity index is 2.50. The molecule has 84 valence electrons. The van der Waals surface area contributed by atoms with Crippen LogP contribution in [0.4, 0.5) is 0 Å². The maximum Gasteiger partial charge on any atom is 0.0235 e. The monoisotopic (exact) mass is 206 g/mol. The number of nitrogens with zero attached hydrogens (tertiary/aromatic N) is 1. The molecule has 1 aromatic carbocycles. The Labute approximate surface area is 93.3 Å². The summed E-state index contributed by atoms with van der Waals surface area (Å²) in [6.45, 7) is 4.28. The third-order valence-corrected chi connectivity index (χ3v) is 2.40. The molecule has 2 nitrogen and oxygen atoms in total. The van der Waals surface area contributed by atoms with Gasteiger partial charge in [-0.3, -0.25) is 0 Å². The van der Waals surface area contributed by atoms with Crippen LogP contribution in [0.25, 0.3) is 0 Å². The van der Waals surface area contributed by atoms with Gasteiger partial charge in [-0.2, -0.15) is 0 Å². The molecule has 0 saturated heterocycles. The van der Waals surface area contributed by atoms with Gasteiger partial charge < -0.3 is 10.2 Å². The van der Waals surface area contributed by atoms with Crippen molar-refractivity contribution in [2.45, 2.75) is 19.4 Å². The van der Waals surface area contributed by atoms with Gasteiger partial charge in [-0.05, 0) is 32.6 Å². The Morgan fingerprint density at radius 2 is 1.87 bits per heavy atom. The minimum absolute atomic E-state index is 0.549. The van der Waals surface area contributed by atoms with E-state index in [1.54, 1.807) is 0 Å². The molecule has 0 bridgehead atoms. The van der Waals surface area contributed by atoms with Crippen molar-refractivity contribution in [3.63, 3.8) is 0 Å². The molecule has 0 saturated carbocycles. The Morgan fingerprint density at radius 3 is 2.40 bits per heavy atom. The number of likely N-dealkylation sites (N-methyl/N-ethyl adjacent to an activating group) is 2. The zero-order valence-electron chi connectivity index (χ0n) is 10.0. The van der Waals surface area contributed by atoms with Crippen molar-refractivity contribution in [1.29, 1.82) is 0 Å². The highest BCUT2D eigenvalue weighted by molar-refractivity contribution is 5.15. The Hall–Kier alpha value is -0.860. The molecule has 1 atom stereocenters. The third-order valence-electron chi connectivity index (χ3n) is 2.40. The highest BCUT2D eigenvalue weighted by Crippen LogP contribution is 2.03. The first kappa shape index (κ1) is 12.2. The molecule has 0 heterocycles. The smallest absolute Gasteiger partial charge is 0.0235 e. The fraction of sp³-hybridized carbons (Fsp3) is 0.538. The molecule has 0 aliphatic rings. The molecule has 1 rings (SSSR count). The van der Waals surface area contributed by atoms with Gasteiger partial charge in [-0.15, -0.1) is 0 Å². The van der Waals surface area contributed by atoms with Crippen LogP contribution in [0.1, 0.15) is 12.5 Å². The second-order valence-corrected chi connectivity index (χ2v) is 4.21. The Morgan fingerprint density at radius 1 is 1.20 bits per heavy atom. The molecule has 0 aliphatic carbocycles. The molecule has 0 aliphatic heterocycles. The highest BCUT2D eigenvalue weighted by atomic mass is 15.1. The summed E-state index contributed by atoms with van der Waals surface area (Å²) in [5, 5.41) is 3.52. The van der Waals surface area contributed by atoms with Gasteiger partial charge in [0, 0.05) is 12.6 Å². The predicted octanol–water partition coefficient (Wildman–Crippen LogP) is 1.77. The van der Waals surface area contributed by atoms with Crippen LogP contribution in [0.3, 0.4) is 0 Å². The summed E-state index contributed by atoms with van der Waals surface area (Å²) in [5.41, 5.74) is 1.41. The first-order valence-corrected chi connectivity index (χ1v) is 5.64. The van der Waals surface area contributed by atoms with E-state index in [9.17, 15) is 0 Å². The molecule has 1 N–H and O–H groups in total. The summed E-state index contributed by atoms with van der Waals surface area (Å²) in [6.07, 6.45) is 1.10. The summed E-state index contributed by atoms with van der Waals surface area (Å²) >= 11 is 0. The van der Waals surface area contributed by atoms with E-state index in [1.807, 2.05) is 0 Å². The molecule has 15 heavy (non-hydrogen) atoms. The lowest BCUT2D eigenvalue weighted by molar-refractivity contribution is 0.339. The van der Waals surface area contributed by atoms with Gasteiger partial charge in [0.1, 0.15) is 0 Å². The van der Waals surface area contributed by atoms with Gasteiger partial charge in [0.15, 0.2) is 0 Å². The van der Waals surface area contributed by atoms with E-state index in [0.717, 1.165) is 19.5 Å². The van der Waals surface area contributed by atoms with Crippen LogP contribution in [-0.2, 0) is 6.42 Å². The van der Waals surface area contributed by atoms with Crippen LogP contribution in [0, 0.1) is 0 Å². The average molecular weight is 206 g/mol. The second-order valence-electron chi connectivity index (χ2n) is 4.21. The molecule has 0 aromatic heterocycles. The van der Waals surface area contributed by atoms with Gasteiger partial charge >= 0.3 is 0 Å². The quantitative estimate of drug-likeness (QED) is 0.763. The normalized spacial score (nSPS) is 13.1.